The molecular weight excluding hydrogens is 439 g/mol. The lowest BCUT2D eigenvalue weighted by Gasteiger charge is -2.30. The Hall–Kier alpha value is -3.56. The third kappa shape index (κ3) is 6.06. The van der Waals surface area contributed by atoms with Gasteiger partial charge in [0, 0.05) is 39.1 Å². The van der Waals surface area contributed by atoms with Crippen molar-refractivity contribution in [3.05, 3.63) is 93.4 Å². The van der Waals surface area contributed by atoms with Crippen LogP contribution in [0.25, 0.3) is 0 Å². The van der Waals surface area contributed by atoms with E-state index in [1.54, 1.807) is 12.1 Å². The van der Waals surface area contributed by atoms with Crippen LogP contribution in [0.4, 0.5) is 4.39 Å². The number of morpholine rings is 1. The minimum Gasteiger partial charge on any atom is -0.501 e. The topological polar surface area (TPSA) is 98.8 Å². The van der Waals surface area contributed by atoms with Gasteiger partial charge in [0.05, 0.1) is 13.2 Å². The second kappa shape index (κ2) is 11.0. The highest BCUT2D eigenvalue weighted by molar-refractivity contribution is 5.94. The van der Waals surface area contributed by atoms with Crippen molar-refractivity contribution in [2.45, 2.75) is 13.0 Å². The van der Waals surface area contributed by atoms with Crippen molar-refractivity contribution in [3.63, 3.8) is 0 Å². The molecule has 1 aliphatic rings. The summed E-state index contributed by atoms with van der Waals surface area (Å²) in [6.07, 6.45) is 0.308. The number of H-pyrrole nitrogens is 1. The molecule has 0 spiro atoms. The van der Waals surface area contributed by atoms with Gasteiger partial charge in [0.2, 0.25) is 5.75 Å². The zero-order valence-electron chi connectivity index (χ0n) is 18.7. The number of aromatic hydroxyl groups is 1. The number of aromatic nitrogens is 2. The normalized spacial score (nSPS) is 14.1. The van der Waals surface area contributed by atoms with Crippen molar-refractivity contribution in [3.8, 4) is 5.75 Å². The SMILES string of the molecule is O=C(c1nc(Cc2ccccc2)[nH]c(=O)c1O)N(CCN1CCOCC1)Cc1ccc(F)cc1. The molecule has 1 aromatic heterocycles. The zero-order valence-corrected chi connectivity index (χ0v) is 18.7. The quantitative estimate of drug-likeness (QED) is 0.528. The van der Waals surface area contributed by atoms with Gasteiger partial charge in [0.15, 0.2) is 5.69 Å². The van der Waals surface area contributed by atoms with Crippen LogP contribution in [0.1, 0.15) is 27.4 Å². The van der Waals surface area contributed by atoms with Crippen molar-refractivity contribution in [1.82, 2.24) is 19.8 Å². The van der Waals surface area contributed by atoms with E-state index in [9.17, 15) is 19.1 Å². The van der Waals surface area contributed by atoms with E-state index in [-0.39, 0.29) is 23.9 Å². The molecule has 2 aromatic carbocycles. The summed E-state index contributed by atoms with van der Waals surface area (Å²) in [4.78, 5) is 36.5. The van der Waals surface area contributed by atoms with Gasteiger partial charge in [0.1, 0.15) is 11.6 Å². The first kappa shape index (κ1) is 23.6. The number of carbonyl (C=O) groups is 1. The molecule has 0 aliphatic carbocycles. The Morgan fingerprint density at radius 3 is 2.50 bits per heavy atom. The molecule has 178 valence electrons. The van der Waals surface area contributed by atoms with Crippen LogP contribution in [0.5, 0.6) is 5.75 Å². The van der Waals surface area contributed by atoms with Gasteiger partial charge in [-0.25, -0.2) is 9.37 Å². The highest BCUT2D eigenvalue weighted by Gasteiger charge is 2.25. The highest BCUT2D eigenvalue weighted by Crippen LogP contribution is 2.16. The van der Waals surface area contributed by atoms with Gasteiger partial charge in [-0.2, -0.15) is 0 Å². The molecule has 2 heterocycles. The fourth-order valence-corrected chi connectivity index (χ4v) is 3.83. The molecule has 8 nitrogen and oxygen atoms in total. The van der Waals surface area contributed by atoms with Crippen molar-refractivity contribution in [1.29, 1.82) is 0 Å². The summed E-state index contributed by atoms with van der Waals surface area (Å²) in [5, 5.41) is 10.4. The van der Waals surface area contributed by atoms with Gasteiger partial charge in [-0.1, -0.05) is 42.5 Å². The molecular formula is C25H27FN4O4. The number of benzene rings is 2. The lowest BCUT2D eigenvalue weighted by atomic mass is 10.1. The fraction of sp³-hybridized carbons (Fsp3) is 0.320. The summed E-state index contributed by atoms with van der Waals surface area (Å²) in [7, 11) is 0. The number of hydrogen-bond acceptors (Lipinski definition) is 6. The Labute approximate surface area is 196 Å². The second-order valence-corrected chi connectivity index (χ2v) is 8.18. The molecule has 1 aliphatic heterocycles. The molecule has 1 saturated heterocycles. The average Bonchev–Trinajstić information content (AvgIpc) is 2.86. The Kier molecular flexibility index (Phi) is 7.66. The summed E-state index contributed by atoms with van der Waals surface area (Å²) in [6, 6.07) is 15.3. The van der Waals surface area contributed by atoms with Crippen LogP contribution < -0.4 is 5.56 Å². The number of amides is 1. The van der Waals surface area contributed by atoms with Crippen molar-refractivity contribution < 1.29 is 19.0 Å². The zero-order chi connectivity index (χ0) is 23.9. The van der Waals surface area contributed by atoms with E-state index in [0.29, 0.717) is 32.7 Å². The van der Waals surface area contributed by atoms with Crippen LogP contribution >= 0.6 is 0 Å². The summed E-state index contributed by atoms with van der Waals surface area (Å²) >= 11 is 0. The summed E-state index contributed by atoms with van der Waals surface area (Å²) in [5.74, 6) is -1.35. The van der Waals surface area contributed by atoms with Crippen molar-refractivity contribution in [2.75, 3.05) is 39.4 Å². The second-order valence-electron chi connectivity index (χ2n) is 8.18. The average molecular weight is 467 g/mol. The van der Waals surface area contributed by atoms with Crippen molar-refractivity contribution >= 4 is 5.91 Å². The van der Waals surface area contributed by atoms with E-state index < -0.39 is 17.2 Å². The number of rotatable bonds is 8. The molecule has 4 rings (SSSR count). The van der Waals surface area contributed by atoms with Crippen LogP contribution in [-0.2, 0) is 17.7 Å². The molecule has 0 saturated carbocycles. The monoisotopic (exact) mass is 466 g/mol. The molecule has 0 bridgehead atoms. The lowest BCUT2D eigenvalue weighted by Crippen LogP contribution is -2.43. The summed E-state index contributed by atoms with van der Waals surface area (Å²) < 4.78 is 18.8. The lowest BCUT2D eigenvalue weighted by molar-refractivity contribution is 0.0319. The number of nitrogens with one attached hydrogen (secondary N) is 1. The van der Waals surface area contributed by atoms with E-state index in [4.69, 9.17) is 4.74 Å². The Morgan fingerprint density at radius 1 is 1.09 bits per heavy atom. The minimum atomic E-state index is -0.765. The smallest absolute Gasteiger partial charge is 0.293 e. The number of ether oxygens (including phenoxy) is 1. The third-order valence-corrected chi connectivity index (χ3v) is 5.72. The van der Waals surface area contributed by atoms with Crippen LogP contribution in [0.15, 0.2) is 59.4 Å². The fourth-order valence-electron chi connectivity index (χ4n) is 3.83. The Bertz CT molecular complexity index is 1160. The molecule has 1 amide bonds. The van der Waals surface area contributed by atoms with E-state index in [0.717, 1.165) is 24.2 Å². The first-order valence-electron chi connectivity index (χ1n) is 11.2. The van der Waals surface area contributed by atoms with Crippen LogP contribution in [0, 0.1) is 5.82 Å². The molecule has 0 radical (unpaired) electrons. The van der Waals surface area contributed by atoms with Crippen molar-refractivity contribution in [2.24, 2.45) is 0 Å². The molecule has 3 aromatic rings. The maximum Gasteiger partial charge on any atom is 0.293 e. The van der Waals surface area contributed by atoms with Crippen LogP contribution in [0.2, 0.25) is 0 Å². The van der Waals surface area contributed by atoms with Gasteiger partial charge >= 0.3 is 0 Å². The van der Waals surface area contributed by atoms with Gasteiger partial charge < -0.3 is 19.7 Å². The number of hydrogen-bond donors (Lipinski definition) is 2. The highest BCUT2D eigenvalue weighted by atomic mass is 19.1. The Balaban J connectivity index is 1.59. The van der Waals surface area contributed by atoms with Gasteiger partial charge in [-0.15, -0.1) is 0 Å². The largest absolute Gasteiger partial charge is 0.501 e. The van der Waals surface area contributed by atoms with E-state index in [2.05, 4.69) is 14.9 Å². The van der Waals surface area contributed by atoms with Gasteiger partial charge in [0.25, 0.3) is 11.5 Å². The third-order valence-electron chi connectivity index (χ3n) is 5.72. The minimum absolute atomic E-state index is 0.186. The van der Waals surface area contributed by atoms with Crippen LogP contribution in [0.3, 0.4) is 0 Å². The predicted molar refractivity (Wildman–Crippen MR) is 124 cm³/mol. The molecule has 34 heavy (non-hydrogen) atoms. The first-order chi connectivity index (χ1) is 16.5. The molecule has 1 fully saturated rings. The van der Waals surface area contributed by atoms with Gasteiger partial charge in [-0.05, 0) is 23.3 Å². The summed E-state index contributed by atoms with van der Waals surface area (Å²) in [5.41, 5.74) is 0.578. The molecule has 0 atom stereocenters. The predicted octanol–water partition coefficient (Wildman–Crippen LogP) is 2.18. The number of nitrogens with zero attached hydrogens (tertiary/aromatic N) is 3. The standard InChI is InChI=1S/C25H27FN4O4/c26-20-8-6-19(7-9-20)17-30(11-10-29-12-14-34-15-13-29)25(33)22-23(31)24(32)28-21(27-22)16-18-4-2-1-3-5-18/h1-9,31H,10-17H2,(H,27,28,32). The number of aromatic amines is 1. The maximum absolute atomic E-state index is 13.5. The summed E-state index contributed by atoms with van der Waals surface area (Å²) in [6.45, 7) is 3.90. The Morgan fingerprint density at radius 2 is 1.79 bits per heavy atom. The van der Waals surface area contributed by atoms with Crippen LogP contribution in [-0.4, -0.2) is 70.2 Å². The molecule has 0 unspecified atom stereocenters. The first-order valence-corrected chi connectivity index (χ1v) is 11.2. The molecule has 9 heteroatoms. The van der Waals surface area contributed by atoms with E-state index in [1.165, 1.54) is 17.0 Å². The van der Waals surface area contributed by atoms with Gasteiger partial charge in [-0.3, -0.25) is 14.5 Å². The van der Waals surface area contributed by atoms with E-state index in [1.807, 2.05) is 30.3 Å². The maximum atomic E-state index is 13.5. The van der Waals surface area contributed by atoms with E-state index >= 15 is 0 Å². The number of carbonyl (C=O) groups excluding carboxylic acids is 1. The molecule has 2 N–H and O–H groups in total. The number of halogens is 1.